The quantitative estimate of drug-likeness (QED) is 0.427. The molecule has 2 aromatic carbocycles. The molecule has 10 heteroatoms. The van der Waals surface area contributed by atoms with E-state index < -0.39 is 16.0 Å². The van der Waals surface area contributed by atoms with Crippen LogP contribution in [0.25, 0.3) is 6.08 Å². The van der Waals surface area contributed by atoms with Gasteiger partial charge in [-0.25, -0.2) is 17.9 Å². The maximum absolute atomic E-state index is 13.2. The molecule has 1 amide bonds. The van der Waals surface area contributed by atoms with Crippen molar-refractivity contribution in [1.82, 2.24) is 4.72 Å². The van der Waals surface area contributed by atoms with Gasteiger partial charge in [-0.1, -0.05) is 12.1 Å². The Balaban J connectivity index is 1.87. The Bertz CT molecular complexity index is 1190. The van der Waals surface area contributed by atoms with Crippen LogP contribution in [-0.4, -0.2) is 48.2 Å². The largest absolute Gasteiger partial charge is 0.493 e. The maximum Gasteiger partial charge on any atom is 0.330 e. The minimum absolute atomic E-state index is 0.00585. The third-order valence-electron chi connectivity index (χ3n) is 5.38. The van der Waals surface area contributed by atoms with Crippen LogP contribution < -0.4 is 19.1 Å². The predicted octanol–water partition coefficient (Wildman–Crippen LogP) is 2.89. The smallest absolute Gasteiger partial charge is 0.330 e. The number of sulfonamides is 1. The van der Waals surface area contributed by atoms with Gasteiger partial charge in [-0.3, -0.25) is 4.79 Å². The number of hydrogen-bond acceptors (Lipinski definition) is 7. The third-order valence-corrected chi connectivity index (χ3v) is 6.79. The lowest BCUT2D eigenvalue weighted by molar-refractivity contribution is -0.134. The van der Waals surface area contributed by atoms with E-state index in [1.54, 1.807) is 29.2 Å². The van der Waals surface area contributed by atoms with Crippen LogP contribution in [0.3, 0.4) is 0 Å². The molecular weight excluding hydrogens is 460 g/mol. The Labute approximate surface area is 199 Å². The van der Waals surface area contributed by atoms with Gasteiger partial charge in [0.15, 0.2) is 11.5 Å². The van der Waals surface area contributed by atoms with Crippen LogP contribution in [-0.2, 0) is 30.9 Å². The number of piperidine rings is 1. The van der Waals surface area contributed by atoms with Crippen molar-refractivity contribution in [1.29, 1.82) is 0 Å². The zero-order chi connectivity index (χ0) is 24.7. The van der Waals surface area contributed by atoms with Crippen LogP contribution in [0, 0.1) is 0 Å². The van der Waals surface area contributed by atoms with E-state index in [0.717, 1.165) is 18.5 Å². The Morgan fingerprint density at radius 1 is 1.12 bits per heavy atom. The first-order valence-electron chi connectivity index (χ1n) is 10.7. The summed E-state index contributed by atoms with van der Waals surface area (Å²) in [4.78, 5) is 25.3. The number of benzene rings is 2. The number of anilines is 1. The van der Waals surface area contributed by atoms with Crippen LogP contribution in [0.4, 0.5) is 5.69 Å². The highest BCUT2D eigenvalue weighted by molar-refractivity contribution is 7.89. The number of ether oxygens (including phenoxy) is 3. The van der Waals surface area contributed by atoms with Gasteiger partial charge in [-0.2, -0.15) is 0 Å². The summed E-state index contributed by atoms with van der Waals surface area (Å²) in [5.41, 5.74) is 1.86. The standard InChI is InChI=1S/C24H28N2O7S/c1-31-20-14-17(10-11-23(28)32-2)15-21(24(20)33-3)34(29,30)25-16-18-7-6-8-19(13-18)26-12-5-4-9-22(26)27/h6-8,10-11,13-15,25H,4-5,9,12,16H2,1-3H3/b11-10+. The monoisotopic (exact) mass is 488 g/mol. The average Bonchev–Trinajstić information content (AvgIpc) is 2.85. The molecule has 0 radical (unpaired) electrons. The van der Waals surface area contributed by atoms with Gasteiger partial charge in [0, 0.05) is 31.3 Å². The minimum atomic E-state index is -4.03. The number of nitrogens with one attached hydrogen (secondary N) is 1. The van der Waals surface area contributed by atoms with Crippen LogP contribution in [0.1, 0.15) is 30.4 Å². The second-order valence-electron chi connectivity index (χ2n) is 7.61. The molecule has 3 rings (SSSR count). The molecule has 2 aromatic rings. The molecule has 0 unspecified atom stereocenters. The van der Waals surface area contributed by atoms with E-state index in [0.29, 0.717) is 24.1 Å². The Kier molecular flexibility index (Phi) is 8.30. The molecule has 1 heterocycles. The number of rotatable bonds is 9. The van der Waals surface area contributed by atoms with Crippen molar-refractivity contribution < 1.29 is 32.2 Å². The number of carbonyl (C=O) groups is 2. The second-order valence-corrected chi connectivity index (χ2v) is 9.34. The van der Waals surface area contributed by atoms with Crippen LogP contribution in [0.2, 0.25) is 0 Å². The Morgan fingerprint density at radius 3 is 2.59 bits per heavy atom. The number of hydrogen-bond donors (Lipinski definition) is 1. The number of esters is 1. The Hall–Kier alpha value is -3.37. The number of carbonyl (C=O) groups excluding carboxylic acids is 2. The van der Waals surface area contributed by atoms with Crippen molar-refractivity contribution in [3.05, 3.63) is 53.6 Å². The second kappa shape index (κ2) is 11.2. The molecule has 0 atom stereocenters. The van der Waals surface area contributed by atoms with Gasteiger partial charge in [0.2, 0.25) is 15.9 Å². The average molecular weight is 489 g/mol. The molecule has 0 saturated carbocycles. The van der Waals surface area contributed by atoms with Crippen molar-refractivity contribution in [2.75, 3.05) is 32.8 Å². The third kappa shape index (κ3) is 5.95. The van der Waals surface area contributed by atoms with Gasteiger partial charge < -0.3 is 19.1 Å². The van der Waals surface area contributed by atoms with E-state index >= 15 is 0 Å². The molecule has 34 heavy (non-hydrogen) atoms. The molecule has 182 valence electrons. The van der Waals surface area contributed by atoms with E-state index in [9.17, 15) is 18.0 Å². The van der Waals surface area contributed by atoms with Crippen molar-refractivity contribution in [2.45, 2.75) is 30.7 Å². The van der Waals surface area contributed by atoms with Gasteiger partial charge in [0.1, 0.15) is 4.90 Å². The first-order valence-corrected chi connectivity index (χ1v) is 12.2. The minimum Gasteiger partial charge on any atom is -0.493 e. The van der Waals surface area contributed by atoms with Gasteiger partial charge in [-0.05, 0) is 54.3 Å². The van der Waals surface area contributed by atoms with Crippen LogP contribution >= 0.6 is 0 Å². The molecule has 1 aliphatic heterocycles. The Morgan fingerprint density at radius 2 is 1.91 bits per heavy atom. The summed E-state index contributed by atoms with van der Waals surface area (Å²) in [5.74, 6) is -0.277. The lowest BCUT2D eigenvalue weighted by Crippen LogP contribution is -2.35. The summed E-state index contributed by atoms with van der Waals surface area (Å²) in [6.45, 7) is 0.656. The number of nitrogens with zero attached hydrogens (tertiary/aromatic N) is 1. The van der Waals surface area contributed by atoms with Gasteiger partial charge in [0.25, 0.3) is 0 Å². The summed E-state index contributed by atoms with van der Waals surface area (Å²) in [5, 5.41) is 0. The highest BCUT2D eigenvalue weighted by Crippen LogP contribution is 2.36. The zero-order valence-electron chi connectivity index (χ0n) is 19.4. The van der Waals surface area contributed by atoms with Gasteiger partial charge in [0.05, 0.1) is 21.3 Å². The van der Waals surface area contributed by atoms with Gasteiger partial charge >= 0.3 is 5.97 Å². The normalized spacial score (nSPS) is 14.3. The highest BCUT2D eigenvalue weighted by atomic mass is 32.2. The molecule has 9 nitrogen and oxygen atoms in total. The lowest BCUT2D eigenvalue weighted by Gasteiger charge is -2.27. The molecule has 1 aliphatic rings. The van der Waals surface area contributed by atoms with Crippen molar-refractivity contribution >= 4 is 33.7 Å². The molecule has 0 aromatic heterocycles. The van der Waals surface area contributed by atoms with E-state index in [1.165, 1.54) is 39.5 Å². The molecule has 0 spiro atoms. The highest BCUT2D eigenvalue weighted by Gasteiger charge is 2.24. The van der Waals surface area contributed by atoms with Crippen LogP contribution in [0.15, 0.2) is 47.4 Å². The summed E-state index contributed by atoms with van der Waals surface area (Å²) < 4.78 is 44.2. The first kappa shape index (κ1) is 25.3. The topological polar surface area (TPSA) is 111 Å². The first-order chi connectivity index (χ1) is 16.3. The summed E-state index contributed by atoms with van der Waals surface area (Å²) in [6, 6.07) is 10.2. The molecule has 1 N–H and O–H groups in total. The number of methoxy groups -OCH3 is 3. The fourth-order valence-corrected chi connectivity index (χ4v) is 4.88. The van der Waals surface area contributed by atoms with E-state index in [1.807, 2.05) is 6.07 Å². The molecule has 1 fully saturated rings. The van der Waals surface area contributed by atoms with E-state index in [4.69, 9.17) is 9.47 Å². The maximum atomic E-state index is 13.2. The van der Waals surface area contributed by atoms with E-state index in [2.05, 4.69) is 9.46 Å². The fourth-order valence-electron chi connectivity index (χ4n) is 3.65. The summed E-state index contributed by atoms with van der Waals surface area (Å²) >= 11 is 0. The zero-order valence-corrected chi connectivity index (χ0v) is 20.2. The van der Waals surface area contributed by atoms with Crippen molar-refractivity contribution in [3.8, 4) is 11.5 Å². The van der Waals surface area contributed by atoms with Crippen molar-refractivity contribution in [3.63, 3.8) is 0 Å². The fraction of sp³-hybridized carbons (Fsp3) is 0.333. The van der Waals surface area contributed by atoms with Crippen LogP contribution in [0.5, 0.6) is 11.5 Å². The van der Waals surface area contributed by atoms with Crippen molar-refractivity contribution in [2.24, 2.45) is 0 Å². The summed E-state index contributed by atoms with van der Waals surface area (Å²) in [6.07, 6.45) is 4.93. The van der Waals surface area contributed by atoms with Gasteiger partial charge in [-0.15, -0.1) is 0 Å². The molecule has 0 bridgehead atoms. The lowest BCUT2D eigenvalue weighted by atomic mass is 10.1. The number of amides is 1. The SMILES string of the molecule is COC(=O)/C=C/c1cc(OC)c(OC)c(S(=O)(=O)NCc2cccc(N3CCCCC3=O)c2)c1. The van der Waals surface area contributed by atoms with E-state index in [-0.39, 0.29) is 28.8 Å². The summed E-state index contributed by atoms with van der Waals surface area (Å²) in [7, 11) is -0.0484. The molecular formula is C24H28N2O7S. The molecule has 1 saturated heterocycles. The molecule has 0 aliphatic carbocycles. The predicted molar refractivity (Wildman–Crippen MR) is 127 cm³/mol.